The van der Waals surface area contributed by atoms with Crippen LogP contribution >= 0.6 is 0 Å². The lowest BCUT2D eigenvalue weighted by atomic mass is 10.00. The summed E-state index contributed by atoms with van der Waals surface area (Å²) in [6, 6.07) is 20.2. The minimum absolute atomic E-state index is 0.229. The largest absolute Gasteiger partial charge is 0.369 e. The van der Waals surface area contributed by atoms with E-state index in [9.17, 15) is 14.4 Å². The summed E-state index contributed by atoms with van der Waals surface area (Å²) >= 11 is 0. The van der Waals surface area contributed by atoms with Gasteiger partial charge in [-0.15, -0.1) is 0 Å². The van der Waals surface area contributed by atoms with Crippen LogP contribution in [0.4, 0.5) is 0 Å². The molecular formula is C29H44N4O3. The number of nitrogens with two attached hydrogens (primary N) is 2. The van der Waals surface area contributed by atoms with Gasteiger partial charge in [0.1, 0.15) is 6.29 Å². The highest BCUT2D eigenvalue weighted by Gasteiger charge is 2.18. The molecule has 0 saturated carbocycles. The van der Waals surface area contributed by atoms with E-state index in [2.05, 4.69) is 72.9 Å². The maximum Gasteiger partial charge on any atom is 0.237 e. The Hall–Kier alpha value is -3.03. The number of hydrogen-bond acceptors (Lipinski definition) is 5. The van der Waals surface area contributed by atoms with Gasteiger partial charge in [-0.3, -0.25) is 14.5 Å². The van der Waals surface area contributed by atoms with E-state index < -0.39 is 12.1 Å². The predicted octanol–water partition coefficient (Wildman–Crippen LogP) is 3.44. The third kappa shape index (κ3) is 13.8. The predicted molar refractivity (Wildman–Crippen MR) is 146 cm³/mol. The Morgan fingerprint density at radius 3 is 1.92 bits per heavy atom. The van der Waals surface area contributed by atoms with Crippen molar-refractivity contribution in [3.63, 3.8) is 0 Å². The van der Waals surface area contributed by atoms with E-state index in [-0.39, 0.29) is 24.4 Å². The Morgan fingerprint density at radius 2 is 1.47 bits per heavy atom. The van der Waals surface area contributed by atoms with Crippen LogP contribution in [0.5, 0.6) is 0 Å². The summed E-state index contributed by atoms with van der Waals surface area (Å²) in [7, 11) is 1.89. The van der Waals surface area contributed by atoms with Crippen molar-refractivity contribution in [1.29, 1.82) is 0 Å². The quantitative estimate of drug-likeness (QED) is 0.326. The maximum absolute atomic E-state index is 11.5. The average molecular weight is 497 g/mol. The zero-order valence-electron chi connectivity index (χ0n) is 22.1. The number of carbonyl (C=O) groups is 3. The van der Waals surface area contributed by atoms with Crippen LogP contribution in [0.15, 0.2) is 60.7 Å². The lowest BCUT2D eigenvalue weighted by Gasteiger charge is -2.27. The molecule has 0 heterocycles. The van der Waals surface area contributed by atoms with Gasteiger partial charge >= 0.3 is 0 Å². The van der Waals surface area contributed by atoms with E-state index in [4.69, 9.17) is 11.5 Å². The molecule has 0 aliphatic rings. The van der Waals surface area contributed by atoms with Gasteiger partial charge in [-0.25, -0.2) is 0 Å². The summed E-state index contributed by atoms with van der Waals surface area (Å²) in [6.07, 6.45) is 7.11. The second-order valence-electron chi connectivity index (χ2n) is 9.30. The third-order valence-electron chi connectivity index (χ3n) is 5.97. The molecule has 2 aromatic rings. The first-order valence-electron chi connectivity index (χ1n) is 12.8. The van der Waals surface area contributed by atoms with Gasteiger partial charge in [0.2, 0.25) is 11.8 Å². The molecule has 198 valence electrons. The number of carbonyl (C=O) groups excluding carboxylic acids is 3. The molecule has 2 amide bonds. The van der Waals surface area contributed by atoms with Gasteiger partial charge < -0.3 is 21.6 Å². The summed E-state index contributed by atoms with van der Waals surface area (Å²) in [4.78, 5) is 35.6. The van der Waals surface area contributed by atoms with Crippen molar-refractivity contribution < 1.29 is 14.4 Å². The van der Waals surface area contributed by atoms with Crippen LogP contribution in [-0.2, 0) is 20.8 Å². The molecule has 0 aliphatic heterocycles. The molecular weight excluding hydrogens is 452 g/mol. The summed E-state index contributed by atoms with van der Waals surface area (Å²) < 4.78 is 0. The minimum atomic E-state index is -0.628. The molecule has 36 heavy (non-hydrogen) atoms. The van der Waals surface area contributed by atoms with E-state index in [1.165, 1.54) is 11.1 Å². The average Bonchev–Trinajstić information content (AvgIpc) is 2.86. The van der Waals surface area contributed by atoms with Crippen LogP contribution < -0.4 is 16.8 Å². The van der Waals surface area contributed by atoms with Crippen LogP contribution in [0, 0.1) is 0 Å². The fourth-order valence-electron chi connectivity index (χ4n) is 3.89. The highest BCUT2D eigenvalue weighted by atomic mass is 16.2. The van der Waals surface area contributed by atoms with E-state index in [0.717, 1.165) is 44.8 Å². The second kappa shape index (κ2) is 18.3. The van der Waals surface area contributed by atoms with Gasteiger partial charge in [-0.1, -0.05) is 80.4 Å². The summed E-state index contributed by atoms with van der Waals surface area (Å²) in [6.45, 7) is 3.93. The first-order valence-corrected chi connectivity index (χ1v) is 12.8. The molecule has 0 spiro atoms. The standard InChI is InChI=1S/C16H32N4O3.C13H12/c1-4-5-8-14(20(3)10-15(18)22)9-6-7-13(11-21)19-16(23)12(2)17;1-3-7-12(8-4-1)11-13-9-5-2-6-10-13/h11-14H,4-10,17H2,1-3H3,(H2,18,22)(H,19,23);1-10H,11H2/t12-,13?,14+;/m0./s1. The van der Waals surface area contributed by atoms with Crippen LogP contribution in [0.1, 0.15) is 63.5 Å². The highest BCUT2D eigenvalue weighted by molar-refractivity contribution is 5.83. The number of nitrogens with zero attached hydrogens (tertiary/aromatic N) is 1. The number of unbranched alkanes of at least 4 members (excludes halogenated alkanes) is 1. The fraction of sp³-hybridized carbons (Fsp3) is 0.483. The first kappa shape index (κ1) is 31.0. The molecule has 2 aromatic carbocycles. The summed E-state index contributed by atoms with van der Waals surface area (Å²) in [5.41, 5.74) is 13.5. The van der Waals surface area contributed by atoms with E-state index in [0.29, 0.717) is 6.42 Å². The Kier molecular flexibility index (Phi) is 15.7. The van der Waals surface area contributed by atoms with Crippen molar-refractivity contribution in [2.45, 2.75) is 76.9 Å². The Bertz CT molecular complexity index is 837. The number of likely N-dealkylation sites (N-methyl/N-ethyl adjacent to an activating group) is 1. The molecule has 0 aromatic heterocycles. The van der Waals surface area contributed by atoms with Gasteiger partial charge in [0.25, 0.3) is 0 Å². The summed E-state index contributed by atoms with van der Waals surface area (Å²) in [5, 5.41) is 2.62. The zero-order valence-corrected chi connectivity index (χ0v) is 22.1. The lowest BCUT2D eigenvalue weighted by Crippen LogP contribution is -2.44. The van der Waals surface area contributed by atoms with Crippen LogP contribution in [-0.4, -0.2) is 54.7 Å². The zero-order chi connectivity index (χ0) is 26.8. The molecule has 0 aliphatic carbocycles. The molecule has 0 bridgehead atoms. The minimum Gasteiger partial charge on any atom is -0.369 e. The van der Waals surface area contributed by atoms with Crippen molar-refractivity contribution in [1.82, 2.24) is 10.2 Å². The van der Waals surface area contributed by atoms with Crippen LogP contribution in [0.2, 0.25) is 0 Å². The molecule has 0 saturated heterocycles. The number of aldehydes is 1. The molecule has 0 fully saturated rings. The van der Waals surface area contributed by atoms with Crippen molar-refractivity contribution in [3.8, 4) is 0 Å². The molecule has 5 N–H and O–H groups in total. The number of primary amides is 1. The molecule has 7 heteroatoms. The molecule has 7 nitrogen and oxygen atoms in total. The van der Waals surface area contributed by atoms with E-state index in [1.54, 1.807) is 6.92 Å². The van der Waals surface area contributed by atoms with Crippen molar-refractivity contribution in [2.24, 2.45) is 11.5 Å². The van der Waals surface area contributed by atoms with E-state index >= 15 is 0 Å². The van der Waals surface area contributed by atoms with Gasteiger partial charge in [-0.2, -0.15) is 0 Å². The normalized spacial score (nSPS) is 13.1. The number of hydrogen-bond donors (Lipinski definition) is 3. The topological polar surface area (TPSA) is 119 Å². The first-order chi connectivity index (χ1) is 17.3. The Balaban J connectivity index is 0.000000414. The summed E-state index contributed by atoms with van der Waals surface area (Å²) in [5.74, 6) is -0.667. The number of rotatable bonds is 15. The highest BCUT2D eigenvalue weighted by Crippen LogP contribution is 2.15. The smallest absolute Gasteiger partial charge is 0.237 e. The second-order valence-corrected chi connectivity index (χ2v) is 9.30. The van der Waals surface area contributed by atoms with Gasteiger partial charge in [0, 0.05) is 6.04 Å². The number of amides is 2. The van der Waals surface area contributed by atoms with Crippen molar-refractivity contribution in [3.05, 3.63) is 71.8 Å². The molecule has 0 radical (unpaired) electrons. The Labute approximate surface area is 216 Å². The van der Waals surface area contributed by atoms with Gasteiger partial charge in [-0.05, 0) is 57.2 Å². The van der Waals surface area contributed by atoms with Crippen LogP contribution in [0.3, 0.4) is 0 Å². The Morgan fingerprint density at radius 1 is 0.944 bits per heavy atom. The van der Waals surface area contributed by atoms with Crippen LogP contribution in [0.25, 0.3) is 0 Å². The van der Waals surface area contributed by atoms with Crippen molar-refractivity contribution >= 4 is 18.1 Å². The van der Waals surface area contributed by atoms with Gasteiger partial charge in [0.05, 0.1) is 18.6 Å². The fourth-order valence-corrected chi connectivity index (χ4v) is 3.89. The van der Waals surface area contributed by atoms with Crippen molar-refractivity contribution in [2.75, 3.05) is 13.6 Å². The maximum atomic E-state index is 11.5. The molecule has 1 unspecified atom stereocenters. The number of benzene rings is 2. The van der Waals surface area contributed by atoms with E-state index in [1.807, 2.05) is 11.9 Å². The van der Waals surface area contributed by atoms with Gasteiger partial charge in [0.15, 0.2) is 0 Å². The monoisotopic (exact) mass is 496 g/mol. The number of nitrogens with one attached hydrogen (secondary N) is 1. The molecule has 3 atom stereocenters. The molecule has 2 rings (SSSR count). The lowest BCUT2D eigenvalue weighted by molar-refractivity contribution is -0.125. The SMILES string of the molecule is CCCC[C@H](CCCC(C=O)NC(=O)[C@H](C)N)N(C)CC(N)=O.c1ccc(Cc2ccccc2)cc1. The third-order valence-corrected chi connectivity index (χ3v) is 5.97.